The number of H-pyrrole nitrogens is 1. The predicted molar refractivity (Wildman–Crippen MR) is 72.6 cm³/mol. The van der Waals surface area contributed by atoms with E-state index in [1.165, 1.54) is 5.38 Å². The number of hydrogen-bond donors (Lipinski definition) is 3. The molecule has 0 saturated heterocycles. The smallest absolute Gasteiger partial charge is 0.271 e. The van der Waals surface area contributed by atoms with E-state index < -0.39 is 21.9 Å². The lowest BCUT2D eigenvalue weighted by Gasteiger charge is -2.01. The van der Waals surface area contributed by atoms with E-state index in [9.17, 15) is 17.6 Å². The molecule has 0 aliphatic heterocycles. The molecular weight excluding hydrogens is 307 g/mol. The first kappa shape index (κ1) is 14.5. The summed E-state index contributed by atoms with van der Waals surface area (Å²) in [7, 11) is -4.04. The number of aromatic nitrogens is 2. The second kappa shape index (κ2) is 6.01. The van der Waals surface area contributed by atoms with E-state index in [4.69, 9.17) is 0 Å². The molecule has 0 radical (unpaired) electrons. The lowest BCUT2D eigenvalue weighted by molar-refractivity contribution is 0.0946. The second-order valence-corrected chi connectivity index (χ2v) is 6.25. The molecule has 20 heavy (non-hydrogen) atoms. The van der Waals surface area contributed by atoms with E-state index in [2.05, 4.69) is 15.3 Å². The fourth-order valence-corrected chi connectivity index (χ4v) is 2.80. The van der Waals surface area contributed by atoms with Crippen LogP contribution in [0.4, 0.5) is 9.52 Å². The van der Waals surface area contributed by atoms with E-state index >= 15 is 0 Å². The Bertz CT molecular complexity index is 681. The summed E-state index contributed by atoms with van der Waals surface area (Å²) in [5.41, 5.74) is 0.894. The highest BCUT2D eigenvalue weighted by Crippen LogP contribution is 2.17. The molecule has 1 amide bonds. The normalized spacial score (nSPS) is 11.2. The molecular formula is C10H11FN4O3S2. The zero-order valence-electron chi connectivity index (χ0n) is 10.1. The quantitative estimate of drug-likeness (QED) is 0.741. The Labute approximate surface area is 118 Å². The van der Waals surface area contributed by atoms with E-state index in [1.54, 1.807) is 12.3 Å². The van der Waals surface area contributed by atoms with Crippen molar-refractivity contribution >= 4 is 32.4 Å². The minimum absolute atomic E-state index is 0.0485. The van der Waals surface area contributed by atoms with E-state index in [1.807, 2.05) is 10.8 Å². The molecule has 10 heteroatoms. The van der Waals surface area contributed by atoms with Gasteiger partial charge in [0.25, 0.3) is 15.9 Å². The monoisotopic (exact) mass is 318 g/mol. The molecule has 3 N–H and O–H groups in total. The minimum Gasteiger partial charge on any atom is -0.364 e. The van der Waals surface area contributed by atoms with Crippen LogP contribution in [0.3, 0.4) is 0 Å². The number of sulfonamides is 1. The van der Waals surface area contributed by atoms with Gasteiger partial charge in [-0.2, -0.15) is 0 Å². The van der Waals surface area contributed by atoms with E-state index in [-0.39, 0.29) is 10.8 Å². The van der Waals surface area contributed by atoms with Crippen LogP contribution in [0.2, 0.25) is 0 Å². The van der Waals surface area contributed by atoms with Gasteiger partial charge >= 0.3 is 0 Å². The number of carbonyl (C=O) groups excluding carboxylic acids is 1. The Kier molecular flexibility index (Phi) is 4.35. The Morgan fingerprint density at radius 1 is 1.50 bits per heavy atom. The topological polar surface area (TPSA) is 104 Å². The number of aromatic amines is 1. The zero-order chi connectivity index (χ0) is 14.6. The number of halogens is 1. The molecule has 0 atom stereocenters. The first-order valence-electron chi connectivity index (χ1n) is 5.42. The van der Waals surface area contributed by atoms with Gasteiger partial charge in [-0.05, 0) is 12.1 Å². The van der Waals surface area contributed by atoms with Crippen molar-refractivity contribution in [2.45, 2.75) is 6.54 Å². The van der Waals surface area contributed by atoms with Crippen LogP contribution in [-0.2, 0) is 16.6 Å². The number of hydrogen-bond acceptors (Lipinski definition) is 5. The minimum atomic E-state index is -4.04. The Morgan fingerprint density at radius 3 is 2.95 bits per heavy atom. The van der Waals surface area contributed by atoms with Crippen LogP contribution < -0.4 is 10.0 Å². The van der Waals surface area contributed by atoms with Gasteiger partial charge in [0.05, 0.1) is 6.54 Å². The predicted octanol–water partition coefficient (Wildman–Crippen LogP) is 1.07. The standard InChI is InChI=1S/C10H11FN4O3S2/c11-6-20(17,18)15-10-14-8(5-19-10)9(16)13-4-7-2-1-3-12-7/h1-3,5,12H,4,6H2,(H,13,16)(H,14,15). The second-order valence-electron chi connectivity index (χ2n) is 3.74. The summed E-state index contributed by atoms with van der Waals surface area (Å²) >= 11 is 0.907. The third-order valence-corrected chi connectivity index (χ3v) is 3.90. The molecule has 0 aliphatic carbocycles. The molecule has 2 aromatic heterocycles. The maximum absolute atomic E-state index is 12.1. The van der Waals surface area contributed by atoms with Gasteiger partial charge in [0.15, 0.2) is 5.13 Å². The third-order valence-electron chi connectivity index (χ3n) is 2.23. The maximum atomic E-state index is 12.1. The molecule has 0 unspecified atom stereocenters. The van der Waals surface area contributed by atoms with E-state index in [0.29, 0.717) is 6.54 Å². The van der Waals surface area contributed by atoms with Gasteiger partial charge in [-0.15, -0.1) is 11.3 Å². The highest BCUT2D eigenvalue weighted by Gasteiger charge is 2.15. The molecule has 0 aliphatic rings. The molecule has 0 spiro atoms. The van der Waals surface area contributed by atoms with Crippen molar-refractivity contribution in [3.63, 3.8) is 0 Å². The van der Waals surface area contributed by atoms with E-state index in [0.717, 1.165) is 17.0 Å². The maximum Gasteiger partial charge on any atom is 0.271 e. The van der Waals surface area contributed by atoms with Crippen LogP contribution in [0.5, 0.6) is 0 Å². The molecule has 2 aromatic rings. The SMILES string of the molecule is O=C(NCc1ccc[nH]1)c1csc(NS(=O)(=O)CF)n1. The Balaban J connectivity index is 1.96. The number of nitrogens with zero attached hydrogens (tertiary/aromatic N) is 1. The summed E-state index contributed by atoms with van der Waals surface area (Å²) in [6, 6.07) is 2.07. The molecule has 7 nitrogen and oxygen atoms in total. The highest BCUT2D eigenvalue weighted by atomic mass is 32.2. The first-order chi connectivity index (χ1) is 9.50. The van der Waals surface area contributed by atoms with Gasteiger partial charge in [0.2, 0.25) is 6.01 Å². The number of thiazole rings is 1. The van der Waals surface area contributed by atoms with Crippen molar-refractivity contribution in [2.24, 2.45) is 0 Å². The van der Waals surface area contributed by atoms with Crippen molar-refractivity contribution in [1.29, 1.82) is 0 Å². The molecule has 0 fully saturated rings. The van der Waals surface area contributed by atoms with Gasteiger partial charge in [0.1, 0.15) is 5.69 Å². The largest absolute Gasteiger partial charge is 0.364 e. The third kappa shape index (κ3) is 3.78. The number of amides is 1. The molecule has 0 bridgehead atoms. The Hall–Kier alpha value is -1.94. The summed E-state index contributed by atoms with van der Waals surface area (Å²) < 4.78 is 36.1. The van der Waals surface area contributed by atoms with Crippen molar-refractivity contribution in [3.05, 3.63) is 35.1 Å². The average molecular weight is 318 g/mol. The lowest BCUT2D eigenvalue weighted by atomic mass is 10.4. The lowest BCUT2D eigenvalue weighted by Crippen LogP contribution is -2.23. The number of rotatable bonds is 6. The summed E-state index contributed by atoms with van der Waals surface area (Å²) in [5.74, 6) is -0.443. The molecule has 0 saturated carbocycles. The van der Waals surface area contributed by atoms with Crippen LogP contribution in [0.15, 0.2) is 23.7 Å². The van der Waals surface area contributed by atoms with Gasteiger partial charge in [-0.3, -0.25) is 9.52 Å². The van der Waals surface area contributed by atoms with Crippen molar-refractivity contribution < 1.29 is 17.6 Å². The summed E-state index contributed by atoms with van der Waals surface area (Å²) in [5, 5.41) is 3.95. The summed E-state index contributed by atoms with van der Waals surface area (Å²) in [6.07, 6.45) is 1.73. The van der Waals surface area contributed by atoms with Crippen LogP contribution in [0.25, 0.3) is 0 Å². The number of nitrogens with one attached hydrogen (secondary N) is 3. The van der Waals surface area contributed by atoms with Gasteiger partial charge < -0.3 is 10.3 Å². The molecule has 2 rings (SSSR count). The van der Waals surface area contributed by atoms with Crippen LogP contribution in [-0.4, -0.2) is 30.3 Å². The van der Waals surface area contributed by atoms with Gasteiger partial charge in [-0.25, -0.2) is 17.8 Å². The van der Waals surface area contributed by atoms with Crippen molar-refractivity contribution in [2.75, 3.05) is 10.7 Å². The fourth-order valence-electron chi connectivity index (χ4n) is 1.33. The van der Waals surface area contributed by atoms with Crippen molar-refractivity contribution in [3.8, 4) is 0 Å². The average Bonchev–Trinajstić information content (AvgIpc) is 3.06. The summed E-state index contributed by atoms with van der Waals surface area (Å²) in [4.78, 5) is 18.5. The van der Waals surface area contributed by atoms with Gasteiger partial charge in [-0.1, -0.05) is 0 Å². The van der Waals surface area contributed by atoms with Crippen LogP contribution >= 0.6 is 11.3 Å². The molecule has 108 valence electrons. The Morgan fingerprint density at radius 2 is 2.30 bits per heavy atom. The number of anilines is 1. The molecule has 2 heterocycles. The van der Waals surface area contributed by atoms with Crippen LogP contribution in [0, 0.1) is 0 Å². The molecule has 0 aromatic carbocycles. The van der Waals surface area contributed by atoms with Crippen molar-refractivity contribution in [1.82, 2.24) is 15.3 Å². The number of carbonyl (C=O) groups is 1. The number of alkyl halides is 1. The van der Waals surface area contributed by atoms with Crippen LogP contribution in [0.1, 0.15) is 16.2 Å². The first-order valence-corrected chi connectivity index (χ1v) is 7.96. The zero-order valence-corrected chi connectivity index (χ0v) is 11.7. The highest BCUT2D eigenvalue weighted by molar-refractivity contribution is 7.92. The fraction of sp³-hybridized carbons (Fsp3) is 0.200. The summed E-state index contributed by atoms with van der Waals surface area (Å²) in [6.45, 7) is 0.300. The van der Waals surface area contributed by atoms with Gasteiger partial charge in [0, 0.05) is 17.3 Å².